The maximum atomic E-state index is 11.4. The first-order chi connectivity index (χ1) is 8.73. The van der Waals surface area contributed by atoms with E-state index < -0.39 is 19.8 Å². The lowest BCUT2D eigenvalue weighted by atomic mass is 10.3. The van der Waals surface area contributed by atoms with Crippen molar-refractivity contribution in [2.24, 2.45) is 0 Å². The molecule has 104 valence electrons. The Balaban J connectivity index is 4.90. The Labute approximate surface area is 111 Å². The van der Waals surface area contributed by atoms with Gasteiger partial charge >= 0.3 is 19.8 Å². The Hall–Kier alpha value is -1.83. The van der Waals surface area contributed by atoms with Gasteiger partial charge in [-0.3, -0.25) is 4.89 Å². The summed E-state index contributed by atoms with van der Waals surface area (Å²) >= 11 is 0. The molecule has 0 heterocycles. The molecular formula is C12H15O6P. The summed E-state index contributed by atoms with van der Waals surface area (Å²) in [7, 11) is -4.81. The molecule has 0 atom stereocenters. The number of phosphoric ester groups is 1. The largest absolute Gasteiger partial charge is 0.589 e. The fourth-order valence-corrected chi connectivity index (χ4v) is 1.65. The third-order valence-electron chi connectivity index (χ3n) is 1.73. The average Bonchev–Trinajstić information content (AvgIpc) is 2.28. The lowest BCUT2D eigenvalue weighted by Crippen LogP contribution is -2.09. The van der Waals surface area contributed by atoms with Crippen molar-refractivity contribution in [3.8, 4) is 0 Å². The molecule has 0 aliphatic rings. The minimum absolute atomic E-state index is 0.0199. The summed E-state index contributed by atoms with van der Waals surface area (Å²) in [6, 6.07) is 0. The van der Waals surface area contributed by atoms with Gasteiger partial charge in [0.05, 0.1) is 11.1 Å². The summed E-state index contributed by atoms with van der Waals surface area (Å²) in [5.74, 6) is -2.19. The molecule has 0 aromatic carbocycles. The van der Waals surface area contributed by atoms with Crippen molar-refractivity contribution >= 4 is 19.8 Å². The van der Waals surface area contributed by atoms with Gasteiger partial charge in [0.15, 0.2) is 0 Å². The summed E-state index contributed by atoms with van der Waals surface area (Å²) in [5.41, 5.74) is 4.93. The third kappa shape index (κ3) is 6.61. The molecule has 0 amide bonds. The number of hydrogen-bond donors (Lipinski definition) is 1. The van der Waals surface area contributed by atoms with Crippen LogP contribution in [0.15, 0.2) is 34.8 Å². The van der Waals surface area contributed by atoms with E-state index in [1.807, 2.05) is 0 Å². The Kier molecular flexibility index (Phi) is 6.84. The van der Waals surface area contributed by atoms with Gasteiger partial charge in [0.25, 0.3) is 0 Å². The number of phosphoric acid groups is 1. The quantitative estimate of drug-likeness (QED) is 0.485. The highest BCUT2D eigenvalue weighted by molar-refractivity contribution is 7.48. The summed E-state index contributed by atoms with van der Waals surface area (Å²) in [5, 5.41) is 0. The Morgan fingerprint density at radius 3 is 1.58 bits per heavy atom. The lowest BCUT2D eigenvalue weighted by molar-refractivity contribution is -0.135. The minimum Gasteiger partial charge on any atom is -0.357 e. The van der Waals surface area contributed by atoms with Gasteiger partial charge in [-0.1, -0.05) is 0 Å². The van der Waals surface area contributed by atoms with E-state index in [0.717, 1.165) is 0 Å². The molecule has 0 aliphatic heterocycles. The summed E-state index contributed by atoms with van der Waals surface area (Å²) < 4.78 is 19.8. The van der Waals surface area contributed by atoms with Crippen LogP contribution in [0.2, 0.25) is 0 Å². The van der Waals surface area contributed by atoms with Crippen molar-refractivity contribution in [2.45, 2.75) is 27.7 Å². The predicted molar refractivity (Wildman–Crippen MR) is 67.9 cm³/mol. The number of carbonyl (C=O) groups excluding carboxylic acids is 2. The number of hydrogen-bond acceptors (Lipinski definition) is 5. The van der Waals surface area contributed by atoms with Crippen LogP contribution < -0.4 is 0 Å². The van der Waals surface area contributed by atoms with Crippen LogP contribution in [0.25, 0.3) is 0 Å². The zero-order chi connectivity index (χ0) is 15.1. The molecule has 19 heavy (non-hydrogen) atoms. The molecule has 0 aromatic heterocycles. The topological polar surface area (TPSA) is 89.9 Å². The molecule has 7 heteroatoms. The van der Waals surface area contributed by atoms with Crippen molar-refractivity contribution in [3.05, 3.63) is 34.8 Å². The molecule has 0 radical (unpaired) electrons. The van der Waals surface area contributed by atoms with Crippen LogP contribution in [0.1, 0.15) is 27.7 Å². The van der Waals surface area contributed by atoms with Crippen LogP contribution in [-0.2, 0) is 23.2 Å². The highest BCUT2D eigenvalue weighted by Crippen LogP contribution is 2.44. The van der Waals surface area contributed by atoms with Crippen LogP contribution in [0, 0.1) is 0 Å². The van der Waals surface area contributed by atoms with E-state index in [9.17, 15) is 19.0 Å². The summed E-state index contributed by atoms with van der Waals surface area (Å²) in [6.07, 6.45) is 2.87. The van der Waals surface area contributed by atoms with Gasteiger partial charge in [-0.15, -0.1) is 11.5 Å². The van der Waals surface area contributed by atoms with E-state index in [0.29, 0.717) is 0 Å². The minimum atomic E-state index is -4.81. The molecule has 0 bridgehead atoms. The molecule has 0 spiro atoms. The Morgan fingerprint density at radius 2 is 1.32 bits per heavy atom. The van der Waals surface area contributed by atoms with Crippen LogP contribution in [0.3, 0.4) is 0 Å². The van der Waals surface area contributed by atoms with E-state index in [1.165, 1.54) is 26.0 Å². The molecule has 0 fully saturated rings. The first kappa shape index (κ1) is 17.2. The molecule has 0 unspecified atom stereocenters. The Bertz CT molecular complexity index is 499. The van der Waals surface area contributed by atoms with Crippen LogP contribution in [-0.4, -0.2) is 16.8 Å². The highest BCUT2D eigenvalue weighted by atomic mass is 31.2. The normalized spacial score (nSPS) is 12.1. The van der Waals surface area contributed by atoms with E-state index in [-0.39, 0.29) is 11.1 Å². The molecule has 0 saturated heterocycles. The van der Waals surface area contributed by atoms with Gasteiger partial charge in [0.1, 0.15) is 0 Å². The van der Waals surface area contributed by atoms with E-state index in [1.54, 1.807) is 13.8 Å². The number of rotatable bonds is 4. The molecule has 0 rings (SSSR count). The van der Waals surface area contributed by atoms with Crippen LogP contribution in [0.4, 0.5) is 0 Å². The van der Waals surface area contributed by atoms with Gasteiger partial charge in [-0.25, -0.2) is 14.2 Å². The average molecular weight is 286 g/mol. The summed E-state index contributed by atoms with van der Waals surface area (Å²) in [6.45, 7) is 5.91. The molecule has 0 aromatic rings. The molecule has 0 saturated carbocycles. The van der Waals surface area contributed by atoms with Crippen LogP contribution in [0.5, 0.6) is 0 Å². The monoisotopic (exact) mass is 286 g/mol. The van der Waals surface area contributed by atoms with E-state index in [4.69, 9.17) is 0 Å². The van der Waals surface area contributed by atoms with Gasteiger partial charge in [-0.05, 0) is 39.8 Å². The maximum Gasteiger partial charge on any atom is 0.589 e. The zero-order valence-corrected chi connectivity index (χ0v) is 12.0. The lowest BCUT2D eigenvalue weighted by Gasteiger charge is -2.10. The van der Waals surface area contributed by atoms with Crippen molar-refractivity contribution < 1.29 is 28.1 Å². The molecule has 0 aliphatic carbocycles. The van der Waals surface area contributed by atoms with Gasteiger partial charge in [-0.2, -0.15) is 0 Å². The second-order valence-electron chi connectivity index (χ2n) is 3.34. The molecule has 1 N–H and O–H groups in total. The first-order valence-corrected chi connectivity index (χ1v) is 6.79. The van der Waals surface area contributed by atoms with Gasteiger partial charge in [0.2, 0.25) is 0 Å². The third-order valence-corrected chi connectivity index (χ3v) is 2.52. The van der Waals surface area contributed by atoms with Crippen molar-refractivity contribution in [1.29, 1.82) is 0 Å². The zero-order valence-electron chi connectivity index (χ0n) is 11.1. The van der Waals surface area contributed by atoms with E-state index in [2.05, 4.69) is 20.5 Å². The molecular weight excluding hydrogens is 271 g/mol. The fraction of sp³-hybridized carbons (Fsp3) is 0.333. The van der Waals surface area contributed by atoms with Crippen LogP contribution >= 0.6 is 7.82 Å². The van der Waals surface area contributed by atoms with Crippen molar-refractivity contribution in [1.82, 2.24) is 0 Å². The Morgan fingerprint density at radius 1 is 1.00 bits per heavy atom. The fourth-order valence-electron chi connectivity index (χ4n) is 0.916. The predicted octanol–water partition coefficient (Wildman–Crippen LogP) is 2.42. The first-order valence-electron chi connectivity index (χ1n) is 5.30. The second kappa shape index (κ2) is 7.57. The second-order valence-corrected chi connectivity index (χ2v) is 4.64. The standard InChI is InChI=1S/C12H15O6P/c1-5-7-9(3)11(13)17-19(15,16)18-12(14)10(4)8-6-2/h5-6H,1-4H3,(H,15,16). The number of carbonyl (C=O) groups is 2. The SMILES string of the molecule is CC=C=C(C)C(=O)OP(=O)(O)OC(=O)C(C)=C=CC. The smallest absolute Gasteiger partial charge is 0.357 e. The van der Waals surface area contributed by atoms with Gasteiger partial charge < -0.3 is 9.05 Å². The highest BCUT2D eigenvalue weighted by Gasteiger charge is 2.31. The van der Waals surface area contributed by atoms with Crippen molar-refractivity contribution in [3.63, 3.8) is 0 Å². The van der Waals surface area contributed by atoms with E-state index >= 15 is 0 Å². The van der Waals surface area contributed by atoms with Crippen molar-refractivity contribution in [2.75, 3.05) is 0 Å². The van der Waals surface area contributed by atoms with Gasteiger partial charge in [0, 0.05) is 0 Å². The maximum absolute atomic E-state index is 11.4. The molecule has 6 nitrogen and oxygen atoms in total. The summed E-state index contributed by atoms with van der Waals surface area (Å²) in [4.78, 5) is 31.9.